The Balaban J connectivity index is 1.53. The Bertz CT molecular complexity index is 876. The van der Waals surface area contributed by atoms with E-state index in [1.165, 1.54) is 16.7 Å². The summed E-state index contributed by atoms with van der Waals surface area (Å²) in [5, 5.41) is 0.713. The second-order valence-corrected chi connectivity index (χ2v) is 8.29. The van der Waals surface area contributed by atoms with E-state index in [-0.39, 0.29) is 11.7 Å². The van der Waals surface area contributed by atoms with Gasteiger partial charge in [0.1, 0.15) is 32.6 Å². The molecule has 1 aromatic heterocycles. The summed E-state index contributed by atoms with van der Waals surface area (Å²) in [6.45, 7) is 8.29. The lowest BCUT2D eigenvalue weighted by Gasteiger charge is -2.26. The van der Waals surface area contributed by atoms with Crippen molar-refractivity contribution in [2.45, 2.75) is 19.8 Å². The van der Waals surface area contributed by atoms with Gasteiger partial charge in [0, 0.05) is 13.0 Å². The van der Waals surface area contributed by atoms with E-state index in [2.05, 4.69) is 19.1 Å². The van der Waals surface area contributed by atoms with Crippen molar-refractivity contribution in [2.75, 3.05) is 57.5 Å². The number of nitrogens with zero attached hydrogens (tertiary/aromatic N) is 2. The fourth-order valence-corrected chi connectivity index (χ4v) is 4.64. The number of carbonyl (C=O) groups excluding carboxylic acids is 1. The van der Waals surface area contributed by atoms with Gasteiger partial charge in [0.15, 0.2) is 5.13 Å². The topological polar surface area (TPSA) is 65.3 Å². The van der Waals surface area contributed by atoms with Gasteiger partial charge in [-0.05, 0) is 24.1 Å². The molecule has 3 heterocycles. The third-order valence-electron chi connectivity index (χ3n) is 5.30. The molecule has 0 radical (unpaired) electrons. The minimum Gasteiger partial charge on any atom is -0.494 e. The molecule has 0 spiro atoms. The van der Waals surface area contributed by atoms with E-state index < -0.39 is 0 Å². The van der Waals surface area contributed by atoms with E-state index in [0.717, 1.165) is 55.9 Å². The average molecular weight is 419 g/mol. The lowest BCUT2D eigenvalue weighted by Crippen LogP contribution is -3.14. The molecule has 2 aliphatic heterocycles. The Kier molecular flexibility index (Phi) is 6.63. The summed E-state index contributed by atoms with van der Waals surface area (Å²) >= 11 is 1.56. The lowest BCUT2D eigenvalue weighted by molar-refractivity contribution is -0.908. The smallest absolute Gasteiger partial charge is 0.298 e. The molecule has 1 saturated heterocycles. The van der Waals surface area contributed by atoms with Crippen molar-refractivity contribution in [3.8, 4) is 0 Å². The van der Waals surface area contributed by atoms with E-state index in [1.807, 2.05) is 6.07 Å². The first-order valence-electron chi connectivity index (χ1n) is 10.3. The van der Waals surface area contributed by atoms with E-state index in [9.17, 15) is 4.79 Å². The second kappa shape index (κ2) is 9.56. The van der Waals surface area contributed by atoms with Gasteiger partial charge in [0.25, 0.3) is 5.91 Å². The zero-order chi connectivity index (χ0) is 20.1. The average Bonchev–Trinajstić information content (AvgIpc) is 3.20. The van der Waals surface area contributed by atoms with Crippen LogP contribution in [0.25, 0.3) is 10.2 Å². The molecule has 2 aliphatic rings. The van der Waals surface area contributed by atoms with Crippen LogP contribution in [0.5, 0.6) is 0 Å². The van der Waals surface area contributed by atoms with Gasteiger partial charge in [-0.25, -0.2) is 4.98 Å². The molecular formula is C21H28N3O4S+. The molecule has 7 nitrogen and oxygen atoms in total. The molecule has 0 unspecified atom stereocenters. The van der Waals surface area contributed by atoms with Crippen LogP contribution in [-0.4, -0.2) is 63.5 Å². The summed E-state index contributed by atoms with van der Waals surface area (Å²) in [5.74, 6) is 0.0694. The fraction of sp³-hybridized carbons (Fsp3) is 0.524. The SMILES string of the molecule is CCc1ccc2nc(N(CCC[NH+]3CCOCC3)C(=O)C3=COCCO3)sc2c1. The van der Waals surface area contributed by atoms with Crippen molar-refractivity contribution in [2.24, 2.45) is 0 Å². The Morgan fingerprint density at radius 2 is 2.10 bits per heavy atom. The van der Waals surface area contributed by atoms with Crippen molar-refractivity contribution >= 4 is 32.6 Å². The second-order valence-electron chi connectivity index (χ2n) is 7.28. The first-order valence-corrected chi connectivity index (χ1v) is 11.1. The van der Waals surface area contributed by atoms with Crippen LogP contribution in [0.15, 0.2) is 30.2 Å². The summed E-state index contributed by atoms with van der Waals surface area (Å²) in [6.07, 6.45) is 3.30. The summed E-state index contributed by atoms with van der Waals surface area (Å²) in [5.41, 5.74) is 2.20. The number of aryl methyl sites for hydroxylation is 1. The number of anilines is 1. The molecule has 29 heavy (non-hydrogen) atoms. The van der Waals surface area contributed by atoms with Crippen molar-refractivity contribution in [3.63, 3.8) is 0 Å². The molecule has 156 valence electrons. The number of nitrogens with one attached hydrogen (secondary N) is 1. The minimum atomic E-state index is -0.184. The number of fused-ring (bicyclic) bond motifs is 1. The van der Waals surface area contributed by atoms with Crippen LogP contribution < -0.4 is 9.80 Å². The third kappa shape index (κ3) is 4.88. The quantitative estimate of drug-likeness (QED) is 0.736. The maximum Gasteiger partial charge on any atom is 0.298 e. The van der Waals surface area contributed by atoms with Gasteiger partial charge in [0.05, 0.1) is 30.0 Å². The van der Waals surface area contributed by atoms with E-state index in [1.54, 1.807) is 16.2 Å². The molecule has 8 heteroatoms. The van der Waals surface area contributed by atoms with Crippen LogP contribution in [0.4, 0.5) is 5.13 Å². The van der Waals surface area contributed by atoms with Crippen LogP contribution >= 0.6 is 11.3 Å². The summed E-state index contributed by atoms with van der Waals surface area (Å²) in [7, 11) is 0. The molecule has 1 N–H and O–H groups in total. The summed E-state index contributed by atoms with van der Waals surface area (Å²) in [4.78, 5) is 21.2. The number of carbonyl (C=O) groups is 1. The molecule has 1 fully saturated rings. The van der Waals surface area contributed by atoms with Gasteiger partial charge in [-0.2, -0.15) is 0 Å². The molecule has 0 aliphatic carbocycles. The van der Waals surface area contributed by atoms with Crippen molar-refractivity contribution < 1.29 is 23.9 Å². The summed E-state index contributed by atoms with van der Waals surface area (Å²) in [6, 6.07) is 6.30. The normalized spacial score (nSPS) is 17.5. The van der Waals surface area contributed by atoms with Crippen LogP contribution in [0.1, 0.15) is 18.9 Å². The highest BCUT2D eigenvalue weighted by Crippen LogP contribution is 2.31. The zero-order valence-corrected chi connectivity index (χ0v) is 17.6. The van der Waals surface area contributed by atoms with E-state index in [4.69, 9.17) is 19.2 Å². The minimum absolute atomic E-state index is 0.184. The van der Waals surface area contributed by atoms with Gasteiger partial charge in [0.2, 0.25) is 5.76 Å². The number of aromatic nitrogens is 1. The number of amides is 1. The van der Waals surface area contributed by atoms with Gasteiger partial charge < -0.3 is 19.1 Å². The molecule has 1 amide bonds. The van der Waals surface area contributed by atoms with Crippen molar-refractivity contribution in [1.82, 2.24) is 4.98 Å². The predicted molar refractivity (Wildman–Crippen MR) is 112 cm³/mol. The maximum absolute atomic E-state index is 13.2. The maximum atomic E-state index is 13.2. The molecular weight excluding hydrogens is 390 g/mol. The summed E-state index contributed by atoms with van der Waals surface area (Å²) < 4.78 is 17.4. The van der Waals surface area contributed by atoms with Crippen LogP contribution in [0.3, 0.4) is 0 Å². The highest BCUT2D eigenvalue weighted by Gasteiger charge is 2.26. The van der Waals surface area contributed by atoms with Gasteiger partial charge in [-0.3, -0.25) is 9.69 Å². The number of quaternary nitrogens is 1. The van der Waals surface area contributed by atoms with Crippen LogP contribution in [-0.2, 0) is 25.4 Å². The molecule has 2 aromatic rings. The lowest BCUT2D eigenvalue weighted by atomic mass is 10.2. The number of rotatable bonds is 7. The number of hydrogen-bond donors (Lipinski definition) is 1. The van der Waals surface area contributed by atoms with Gasteiger partial charge in [-0.15, -0.1) is 0 Å². The van der Waals surface area contributed by atoms with E-state index >= 15 is 0 Å². The zero-order valence-electron chi connectivity index (χ0n) is 16.8. The largest absolute Gasteiger partial charge is 0.494 e. The fourth-order valence-electron chi connectivity index (χ4n) is 3.59. The Hall–Kier alpha value is -2.16. The van der Waals surface area contributed by atoms with Gasteiger partial charge >= 0.3 is 0 Å². The van der Waals surface area contributed by atoms with Crippen LogP contribution in [0, 0.1) is 0 Å². The molecule has 1 aromatic carbocycles. The Labute approximate surface area is 174 Å². The predicted octanol–water partition coefficient (Wildman–Crippen LogP) is 1.39. The molecule has 4 rings (SSSR count). The number of benzene rings is 1. The Morgan fingerprint density at radius 1 is 1.24 bits per heavy atom. The molecule has 0 atom stereocenters. The highest BCUT2D eigenvalue weighted by atomic mass is 32.1. The first-order chi connectivity index (χ1) is 14.2. The van der Waals surface area contributed by atoms with Crippen molar-refractivity contribution in [3.05, 3.63) is 35.8 Å². The number of thiazole rings is 1. The molecule has 0 saturated carbocycles. The standard InChI is InChI=1S/C21H27N3O4S/c1-2-16-4-5-17-19(14-16)29-21(22-17)24(20(25)18-15-27-12-13-28-18)7-3-6-23-8-10-26-11-9-23/h4-5,14-15H,2-3,6-13H2,1H3/p+1. The van der Waals surface area contributed by atoms with Crippen LogP contribution in [0.2, 0.25) is 0 Å². The van der Waals surface area contributed by atoms with Gasteiger partial charge in [-0.1, -0.05) is 24.3 Å². The van der Waals surface area contributed by atoms with E-state index in [0.29, 0.717) is 24.9 Å². The Morgan fingerprint density at radius 3 is 2.86 bits per heavy atom. The first kappa shape index (κ1) is 20.1. The third-order valence-corrected chi connectivity index (χ3v) is 6.34. The molecule has 0 bridgehead atoms. The number of hydrogen-bond acceptors (Lipinski definition) is 6. The van der Waals surface area contributed by atoms with Crippen molar-refractivity contribution in [1.29, 1.82) is 0 Å². The monoisotopic (exact) mass is 418 g/mol. The number of morpholine rings is 1. The number of ether oxygens (including phenoxy) is 3. The highest BCUT2D eigenvalue weighted by molar-refractivity contribution is 7.22.